The van der Waals surface area contributed by atoms with Crippen molar-refractivity contribution in [3.8, 4) is 0 Å². The van der Waals surface area contributed by atoms with Gasteiger partial charge in [0.25, 0.3) is 0 Å². The molecule has 0 atom stereocenters. The lowest BCUT2D eigenvalue weighted by Crippen LogP contribution is -2.11. The van der Waals surface area contributed by atoms with Gasteiger partial charge in [0, 0.05) is 17.8 Å². The highest BCUT2D eigenvalue weighted by Crippen LogP contribution is 2.33. The highest BCUT2D eigenvalue weighted by molar-refractivity contribution is 7.18. The molecule has 0 fully saturated rings. The van der Waals surface area contributed by atoms with Crippen molar-refractivity contribution in [1.82, 2.24) is 9.97 Å². The van der Waals surface area contributed by atoms with E-state index in [2.05, 4.69) is 15.3 Å². The number of thiophene rings is 1. The van der Waals surface area contributed by atoms with E-state index in [9.17, 15) is 13.2 Å². The average Bonchev–Trinajstić information content (AvgIpc) is 2.62. The van der Waals surface area contributed by atoms with Gasteiger partial charge in [0.1, 0.15) is 16.5 Å². The maximum Gasteiger partial charge on any atom is 0.389 e. The number of halogens is 3. The molecule has 0 amide bonds. The first-order chi connectivity index (χ1) is 9.31. The fourth-order valence-corrected chi connectivity index (χ4v) is 3.00. The monoisotopic (exact) mass is 303 g/mol. The molecule has 2 heterocycles. The third-order valence-corrected chi connectivity index (χ3v) is 4.15. The van der Waals surface area contributed by atoms with Gasteiger partial charge in [0.15, 0.2) is 0 Å². The zero-order valence-corrected chi connectivity index (χ0v) is 12.4. The molecule has 0 spiro atoms. The third kappa shape index (κ3) is 3.20. The number of nitrogens with zero attached hydrogens (tertiary/aromatic N) is 2. The Morgan fingerprint density at radius 3 is 2.50 bits per heavy atom. The van der Waals surface area contributed by atoms with Crippen LogP contribution in [0.3, 0.4) is 0 Å². The molecule has 0 aliphatic heterocycles. The molecule has 0 aliphatic rings. The SMILES string of the molecule is CCNc1nc(CCC(F)(F)F)nc2sc(C)c(C)c12. The quantitative estimate of drug-likeness (QED) is 0.918. The van der Waals surface area contributed by atoms with Crippen LogP contribution in [-0.4, -0.2) is 22.7 Å². The van der Waals surface area contributed by atoms with Crippen molar-refractivity contribution in [2.75, 3.05) is 11.9 Å². The van der Waals surface area contributed by atoms with E-state index in [-0.39, 0.29) is 12.2 Å². The van der Waals surface area contributed by atoms with Crippen LogP contribution < -0.4 is 5.32 Å². The molecule has 0 saturated carbocycles. The predicted molar refractivity (Wildman–Crippen MR) is 75.4 cm³/mol. The topological polar surface area (TPSA) is 37.8 Å². The number of aryl methyl sites for hydroxylation is 3. The van der Waals surface area contributed by atoms with Crippen molar-refractivity contribution < 1.29 is 13.2 Å². The van der Waals surface area contributed by atoms with Crippen LogP contribution in [0.25, 0.3) is 10.2 Å². The Morgan fingerprint density at radius 1 is 1.20 bits per heavy atom. The first kappa shape index (κ1) is 15.0. The van der Waals surface area contributed by atoms with Crippen molar-refractivity contribution in [2.24, 2.45) is 0 Å². The van der Waals surface area contributed by atoms with Crippen LogP contribution in [-0.2, 0) is 6.42 Å². The van der Waals surface area contributed by atoms with E-state index in [1.54, 1.807) is 0 Å². The lowest BCUT2D eigenvalue weighted by molar-refractivity contribution is -0.134. The molecule has 3 nitrogen and oxygen atoms in total. The summed E-state index contributed by atoms with van der Waals surface area (Å²) < 4.78 is 36.9. The number of anilines is 1. The highest BCUT2D eigenvalue weighted by Gasteiger charge is 2.27. The summed E-state index contributed by atoms with van der Waals surface area (Å²) in [6.07, 6.45) is -5.26. The minimum Gasteiger partial charge on any atom is -0.370 e. The van der Waals surface area contributed by atoms with Gasteiger partial charge in [-0.05, 0) is 26.3 Å². The lowest BCUT2D eigenvalue weighted by Gasteiger charge is -2.09. The van der Waals surface area contributed by atoms with Gasteiger partial charge >= 0.3 is 6.18 Å². The van der Waals surface area contributed by atoms with Crippen LogP contribution in [0.1, 0.15) is 29.6 Å². The largest absolute Gasteiger partial charge is 0.389 e. The molecule has 0 aliphatic carbocycles. The third-order valence-electron chi connectivity index (χ3n) is 3.05. The summed E-state index contributed by atoms with van der Waals surface area (Å²) in [4.78, 5) is 10.4. The van der Waals surface area contributed by atoms with Crippen molar-refractivity contribution in [3.05, 3.63) is 16.3 Å². The highest BCUT2D eigenvalue weighted by atomic mass is 32.1. The van der Waals surface area contributed by atoms with Gasteiger partial charge in [-0.3, -0.25) is 0 Å². The number of rotatable bonds is 4. The Kier molecular flexibility index (Phi) is 4.17. The molecule has 110 valence electrons. The Morgan fingerprint density at radius 2 is 1.90 bits per heavy atom. The Hall–Kier alpha value is -1.37. The molecule has 0 radical (unpaired) electrons. The molecule has 0 unspecified atom stereocenters. The van der Waals surface area contributed by atoms with Crippen molar-refractivity contribution in [2.45, 2.75) is 39.8 Å². The van der Waals surface area contributed by atoms with Crippen LogP contribution in [0.5, 0.6) is 0 Å². The summed E-state index contributed by atoms with van der Waals surface area (Å²) in [5.74, 6) is 0.878. The summed E-state index contributed by atoms with van der Waals surface area (Å²) in [5, 5.41) is 4.04. The zero-order valence-electron chi connectivity index (χ0n) is 11.6. The molecule has 2 rings (SSSR count). The van der Waals surface area contributed by atoms with Gasteiger partial charge in [-0.25, -0.2) is 9.97 Å². The fourth-order valence-electron chi connectivity index (χ4n) is 1.95. The van der Waals surface area contributed by atoms with Gasteiger partial charge < -0.3 is 5.32 Å². The number of aromatic nitrogens is 2. The average molecular weight is 303 g/mol. The molecule has 0 aromatic carbocycles. The number of hydrogen-bond donors (Lipinski definition) is 1. The van der Waals surface area contributed by atoms with Gasteiger partial charge in [-0.15, -0.1) is 11.3 Å². The number of nitrogens with one attached hydrogen (secondary N) is 1. The van der Waals surface area contributed by atoms with E-state index < -0.39 is 12.6 Å². The van der Waals surface area contributed by atoms with Gasteiger partial charge in [-0.2, -0.15) is 13.2 Å². The van der Waals surface area contributed by atoms with E-state index >= 15 is 0 Å². The molecular weight excluding hydrogens is 287 g/mol. The first-order valence-corrected chi connectivity index (χ1v) is 7.20. The summed E-state index contributed by atoms with van der Waals surface area (Å²) in [6.45, 7) is 6.55. The van der Waals surface area contributed by atoms with Crippen molar-refractivity contribution >= 4 is 27.4 Å². The Labute approximate surface area is 119 Å². The molecule has 20 heavy (non-hydrogen) atoms. The maximum atomic E-state index is 12.3. The van der Waals surface area contributed by atoms with E-state index in [4.69, 9.17) is 0 Å². The second-order valence-electron chi connectivity index (χ2n) is 4.60. The van der Waals surface area contributed by atoms with Gasteiger partial charge in [0.2, 0.25) is 0 Å². The molecule has 0 bridgehead atoms. The molecule has 7 heteroatoms. The first-order valence-electron chi connectivity index (χ1n) is 6.39. The molecule has 2 aromatic rings. The van der Waals surface area contributed by atoms with E-state index in [0.29, 0.717) is 12.4 Å². The smallest absolute Gasteiger partial charge is 0.370 e. The Bertz CT molecular complexity index is 619. The van der Waals surface area contributed by atoms with Crippen LogP contribution in [0.2, 0.25) is 0 Å². The maximum absolute atomic E-state index is 12.3. The fraction of sp³-hybridized carbons (Fsp3) is 0.538. The van der Waals surface area contributed by atoms with Crippen LogP contribution in [0.15, 0.2) is 0 Å². The van der Waals surface area contributed by atoms with E-state index in [1.165, 1.54) is 11.3 Å². The normalized spacial score (nSPS) is 12.1. The summed E-state index contributed by atoms with van der Waals surface area (Å²) >= 11 is 1.49. The standard InChI is InChI=1S/C13H16F3N3S/c1-4-17-11-10-7(2)8(3)20-12(10)19-9(18-11)5-6-13(14,15)16/h4-6H2,1-3H3,(H,17,18,19). The second kappa shape index (κ2) is 5.55. The molecular formula is C13H16F3N3S. The molecule has 2 aromatic heterocycles. The van der Waals surface area contributed by atoms with E-state index in [1.807, 2.05) is 20.8 Å². The zero-order chi connectivity index (χ0) is 14.9. The van der Waals surface area contributed by atoms with Crippen LogP contribution in [0, 0.1) is 13.8 Å². The van der Waals surface area contributed by atoms with Crippen molar-refractivity contribution in [3.63, 3.8) is 0 Å². The minimum absolute atomic E-state index is 0.187. The number of hydrogen-bond acceptors (Lipinski definition) is 4. The Balaban J connectivity index is 2.43. The van der Waals surface area contributed by atoms with E-state index in [0.717, 1.165) is 20.7 Å². The summed E-state index contributed by atoms with van der Waals surface area (Å²) in [6, 6.07) is 0. The number of alkyl halides is 3. The summed E-state index contributed by atoms with van der Waals surface area (Å²) in [5.41, 5.74) is 1.09. The minimum atomic E-state index is -4.18. The van der Waals surface area contributed by atoms with Crippen LogP contribution >= 0.6 is 11.3 Å². The predicted octanol–water partition coefficient (Wildman–Crippen LogP) is 4.23. The molecule has 0 saturated heterocycles. The van der Waals surface area contributed by atoms with Gasteiger partial charge in [0.05, 0.1) is 11.8 Å². The lowest BCUT2D eigenvalue weighted by atomic mass is 10.2. The van der Waals surface area contributed by atoms with Crippen LogP contribution in [0.4, 0.5) is 19.0 Å². The molecule has 1 N–H and O–H groups in total. The number of fused-ring (bicyclic) bond motifs is 1. The van der Waals surface area contributed by atoms with Gasteiger partial charge in [-0.1, -0.05) is 0 Å². The van der Waals surface area contributed by atoms with Crippen molar-refractivity contribution in [1.29, 1.82) is 0 Å². The second-order valence-corrected chi connectivity index (χ2v) is 5.80. The summed E-state index contributed by atoms with van der Waals surface area (Å²) in [7, 11) is 0.